The van der Waals surface area contributed by atoms with Gasteiger partial charge in [-0.25, -0.2) is 0 Å². The van der Waals surface area contributed by atoms with Crippen LogP contribution in [0.4, 0.5) is 0 Å². The lowest BCUT2D eigenvalue weighted by molar-refractivity contribution is -0.0279. The van der Waals surface area contributed by atoms with Gasteiger partial charge in [-0.1, -0.05) is 44.0 Å². The van der Waals surface area contributed by atoms with Crippen LogP contribution in [0.25, 0.3) is 0 Å². The van der Waals surface area contributed by atoms with Gasteiger partial charge in [0.25, 0.3) is 0 Å². The molecule has 0 N–H and O–H groups in total. The molecule has 0 radical (unpaired) electrons. The van der Waals surface area contributed by atoms with Gasteiger partial charge in [0, 0.05) is 45.9 Å². The maximum Gasteiger partial charge on any atom is 0.0726 e. The van der Waals surface area contributed by atoms with Crippen LogP contribution < -0.4 is 0 Å². The summed E-state index contributed by atoms with van der Waals surface area (Å²) in [5.74, 6) is 0. The van der Waals surface area contributed by atoms with Gasteiger partial charge in [-0.15, -0.1) is 0 Å². The van der Waals surface area contributed by atoms with Crippen LogP contribution in [-0.4, -0.2) is 55.2 Å². The van der Waals surface area contributed by atoms with Crippen LogP contribution in [0.2, 0.25) is 0 Å². The van der Waals surface area contributed by atoms with Gasteiger partial charge in [-0.05, 0) is 30.4 Å². The minimum atomic E-state index is 0.455. The Morgan fingerprint density at radius 2 is 1.61 bits per heavy atom. The first-order valence-electron chi connectivity index (χ1n) is 9.37. The molecule has 1 aliphatic carbocycles. The number of aryl methyl sites for hydroxylation is 1. The summed E-state index contributed by atoms with van der Waals surface area (Å²) in [5, 5.41) is 0. The average molecular weight is 316 g/mol. The first-order valence-corrected chi connectivity index (χ1v) is 9.37. The molecule has 23 heavy (non-hydrogen) atoms. The van der Waals surface area contributed by atoms with E-state index in [4.69, 9.17) is 4.74 Å². The monoisotopic (exact) mass is 316 g/mol. The van der Waals surface area contributed by atoms with Crippen molar-refractivity contribution in [2.24, 2.45) is 0 Å². The summed E-state index contributed by atoms with van der Waals surface area (Å²) in [6.07, 6.45) is 6.84. The van der Waals surface area contributed by atoms with E-state index in [1.54, 1.807) is 0 Å². The van der Waals surface area contributed by atoms with Gasteiger partial charge < -0.3 is 4.74 Å². The van der Waals surface area contributed by atoms with Gasteiger partial charge in [0.2, 0.25) is 0 Å². The molecular formula is C20H32N2O. The van der Waals surface area contributed by atoms with Gasteiger partial charge in [0.05, 0.1) is 6.10 Å². The molecule has 2 aliphatic rings. The topological polar surface area (TPSA) is 15.7 Å². The normalized spacial score (nSPS) is 27.2. The fraction of sp³-hybridized carbons (Fsp3) is 0.700. The first-order chi connectivity index (χ1) is 11.3. The maximum absolute atomic E-state index is 5.75. The van der Waals surface area contributed by atoms with E-state index >= 15 is 0 Å². The zero-order chi connectivity index (χ0) is 16.1. The lowest BCUT2D eigenvalue weighted by atomic mass is 9.90. The predicted molar refractivity (Wildman–Crippen MR) is 95.7 cm³/mol. The molecule has 0 aromatic heterocycles. The quantitative estimate of drug-likeness (QED) is 0.829. The zero-order valence-corrected chi connectivity index (χ0v) is 14.8. The second-order valence-electron chi connectivity index (χ2n) is 7.11. The molecule has 1 saturated heterocycles. The highest BCUT2D eigenvalue weighted by Gasteiger charge is 2.31. The van der Waals surface area contributed by atoms with Crippen molar-refractivity contribution in [2.45, 2.75) is 57.7 Å². The Kier molecular flexibility index (Phi) is 6.09. The van der Waals surface area contributed by atoms with Crippen LogP contribution in [0, 0.1) is 0 Å². The number of hydrogen-bond acceptors (Lipinski definition) is 3. The fourth-order valence-electron chi connectivity index (χ4n) is 4.16. The van der Waals surface area contributed by atoms with Gasteiger partial charge in [0.15, 0.2) is 0 Å². The summed E-state index contributed by atoms with van der Waals surface area (Å²) in [5.41, 5.74) is 2.88. The highest BCUT2D eigenvalue weighted by molar-refractivity contribution is 5.22. The molecule has 1 aromatic carbocycles. The van der Waals surface area contributed by atoms with Gasteiger partial charge >= 0.3 is 0 Å². The highest BCUT2D eigenvalue weighted by atomic mass is 16.5. The van der Waals surface area contributed by atoms with Gasteiger partial charge in [-0.3, -0.25) is 9.80 Å². The summed E-state index contributed by atoms with van der Waals surface area (Å²) in [6, 6.07) is 9.80. The molecule has 1 aliphatic heterocycles. The second kappa shape index (κ2) is 8.27. The van der Waals surface area contributed by atoms with Crippen molar-refractivity contribution in [3.05, 3.63) is 35.4 Å². The number of methoxy groups -OCH3 is 1. The Labute approximate surface area is 141 Å². The lowest BCUT2D eigenvalue weighted by Gasteiger charge is -2.43. The predicted octanol–water partition coefficient (Wildman–Crippen LogP) is 3.32. The molecule has 0 bridgehead atoms. The third-order valence-electron chi connectivity index (χ3n) is 5.68. The number of rotatable bonds is 5. The van der Waals surface area contributed by atoms with Crippen molar-refractivity contribution in [1.29, 1.82) is 0 Å². The van der Waals surface area contributed by atoms with Crippen LogP contribution in [0.15, 0.2) is 24.3 Å². The SMILES string of the molecule is CCc1ccc(CN2CCN(C3CCCCC3OC)CC2)cc1. The Morgan fingerprint density at radius 3 is 2.26 bits per heavy atom. The van der Waals surface area contributed by atoms with Crippen LogP contribution in [0.3, 0.4) is 0 Å². The Bertz CT molecular complexity index is 465. The second-order valence-corrected chi connectivity index (χ2v) is 7.11. The summed E-state index contributed by atoms with van der Waals surface area (Å²) in [4.78, 5) is 5.28. The van der Waals surface area contributed by atoms with E-state index in [-0.39, 0.29) is 0 Å². The molecule has 2 fully saturated rings. The molecular weight excluding hydrogens is 284 g/mol. The third kappa shape index (κ3) is 4.34. The molecule has 0 spiro atoms. The first kappa shape index (κ1) is 16.9. The standard InChI is InChI=1S/C20H32N2O/c1-3-17-8-10-18(11-9-17)16-21-12-14-22(15-13-21)19-6-4-5-7-20(19)23-2/h8-11,19-20H,3-7,12-16H2,1-2H3. The summed E-state index contributed by atoms with van der Waals surface area (Å²) in [6.45, 7) is 8.06. The third-order valence-corrected chi connectivity index (χ3v) is 5.68. The van der Waals surface area contributed by atoms with Crippen LogP contribution >= 0.6 is 0 Å². The molecule has 1 saturated carbocycles. The minimum absolute atomic E-state index is 0.455. The Hall–Kier alpha value is -0.900. The molecule has 3 heteroatoms. The maximum atomic E-state index is 5.75. The summed E-state index contributed by atoms with van der Waals surface area (Å²) in [7, 11) is 1.89. The lowest BCUT2D eigenvalue weighted by Crippen LogP contribution is -2.54. The molecule has 128 valence electrons. The van der Waals surface area contributed by atoms with Crippen molar-refractivity contribution < 1.29 is 4.74 Å². The highest BCUT2D eigenvalue weighted by Crippen LogP contribution is 2.26. The van der Waals surface area contributed by atoms with E-state index in [0.29, 0.717) is 12.1 Å². The Balaban J connectivity index is 1.49. The molecule has 3 rings (SSSR count). The summed E-state index contributed by atoms with van der Waals surface area (Å²) >= 11 is 0. The minimum Gasteiger partial charge on any atom is -0.380 e. The summed E-state index contributed by atoms with van der Waals surface area (Å²) < 4.78 is 5.75. The van der Waals surface area contributed by atoms with E-state index in [1.807, 2.05) is 7.11 Å². The zero-order valence-electron chi connectivity index (χ0n) is 14.8. The van der Waals surface area contributed by atoms with E-state index in [9.17, 15) is 0 Å². The smallest absolute Gasteiger partial charge is 0.0726 e. The van der Waals surface area contributed by atoms with Crippen molar-refractivity contribution >= 4 is 0 Å². The largest absolute Gasteiger partial charge is 0.380 e. The molecule has 1 aromatic rings. The molecule has 3 nitrogen and oxygen atoms in total. The number of piperazine rings is 1. The van der Waals surface area contributed by atoms with E-state index in [2.05, 4.69) is 41.0 Å². The van der Waals surface area contributed by atoms with Crippen molar-refractivity contribution in [3.63, 3.8) is 0 Å². The van der Waals surface area contributed by atoms with Gasteiger partial charge in [-0.2, -0.15) is 0 Å². The number of hydrogen-bond donors (Lipinski definition) is 0. The molecule has 0 amide bonds. The average Bonchev–Trinajstić information content (AvgIpc) is 2.63. The number of benzene rings is 1. The van der Waals surface area contributed by atoms with Crippen molar-refractivity contribution in [1.82, 2.24) is 9.80 Å². The van der Waals surface area contributed by atoms with E-state index in [0.717, 1.165) is 13.0 Å². The van der Waals surface area contributed by atoms with Crippen LogP contribution in [0.5, 0.6) is 0 Å². The van der Waals surface area contributed by atoms with Crippen molar-refractivity contribution in [2.75, 3.05) is 33.3 Å². The fourth-order valence-corrected chi connectivity index (χ4v) is 4.16. The van der Waals surface area contributed by atoms with Crippen LogP contribution in [0.1, 0.15) is 43.7 Å². The molecule has 1 heterocycles. The number of ether oxygens (including phenoxy) is 1. The van der Waals surface area contributed by atoms with Crippen LogP contribution in [-0.2, 0) is 17.7 Å². The molecule has 2 atom stereocenters. The molecule has 2 unspecified atom stereocenters. The number of nitrogens with zero attached hydrogens (tertiary/aromatic N) is 2. The van der Waals surface area contributed by atoms with Crippen molar-refractivity contribution in [3.8, 4) is 0 Å². The van der Waals surface area contributed by atoms with E-state index < -0.39 is 0 Å². The van der Waals surface area contributed by atoms with E-state index in [1.165, 1.54) is 63.0 Å². The Morgan fingerprint density at radius 1 is 0.957 bits per heavy atom. The van der Waals surface area contributed by atoms with Gasteiger partial charge in [0.1, 0.15) is 0 Å².